The fourth-order valence-corrected chi connectivity index (χ4v) is 14.1. The molecule has 1 saturated heterocycles. The lowest BCUT2D eigenvalue weighted by Crippen LogP contribution is -2.63. The lowest BCUT2D eigenvalue weighted by atomic mass is 9.46. The minimum absolute atomic E-state index is 0.00884. The van der Waals surface area contributed by atoms with Gasteiger partial charge in [-0.2, -0.15) is 0 Å². The molecular formula is C53H65N5O14. The number of aliphatic hydroxyl groups excluding tert-OH is 2. The van der Waals surface area contributed by atoms with E-state index in [1.165, 1.54) is 5.56 Å². The monoisotopic (exact) mass is 995 g/mol. The first-order valence-corrected chi connectivity index (χ1v) is 25.0. The molecule has 9 rings (SSSR count). The minimum atomic E-state index is -1.41. The largest absolute Gasteiger partial charge is 0.481 e. The zero-order chi connectivity index (χ0) is 51.2. The van der Waals surface area contributed by atoms with Crippen LogP contribution in [0.2, 0.25) is 0 Å². The van der Waals surface area contributed by atoms with Gasteiger partial charge in [-0.3, -0.25) is 33.6 Å². The number of carbonyl (C=O) groups excluding carboxylic acids is 6. The summed E-state index contributed by atoms with van der Waals surface area (Å²) in [5, 5.41) is 41.8. The van der Waals surface area contributed by atoms with Crippen LogP contribution in [0.5, 0.6) is 0 Å². The summed E-state index contributed by atoms with van der Waals surface area (Å²) in [7, 11) is 0. The molecule has 0 aromatic heterocycles. The van der Waals surface area contributed by atoms with Crippen LogP contribution in [-0.4, -0.2) is 106 Å². The van der Waals surface area contributed by atoms with Gasteiger partial charge in [0.25, 0.3) is 0 Å². The number of carboxylic acids is 1. The maximum Gasteiger partial charge on any atom is 0.407 e. The highest BCUT2D eigenvalue weighted by atomic mass is 16.7. The third-order valence-corrected chi connectivity index (χ3v) is 17.2. The van der Waals surface area contributed by atoms with Gasteiger partial charge in [-0.05, 0) is 123 Å². The number of carboxylic acid groups (broad SMARTS) is 1. The molecule has 19 heteroatoms. The van der Waals surface area contributed by atoms with Crippen molar-refractivity contribution >= 4 is 47.0 Å². The second-order valence-electron chi connectivity index (χ2n) is 21.7. The van der Waals surface area contributed by atoms with Crippen LogP contribution in [0, 0.1) is 39.9 Å². The number of alkyl carbamates (subject to hydrolysis) is 1. The van der Waals surface area contributed by atoms with Crippen LogP contribution in [0.3, 0.4) is 0 Å². The summed E-state index contributed by atoms with van der Waals surface area (Å²) >= 11 is 0. The van der Waals surface area contributed by atoms with Crippen molar-refractivity contribution in [2.24, 2.45) is 45.8 Å². The number of rotatable bonds is 18. The molecule has 0 radical (unpaired) electrons. The summed E-state index contributed by atoms with van der Waals surface area (Å²) in [6.07, 6.45) is 9.28. The van der Waals surface area contributed by atoms with Crippen molar-refractivity contribution < 1.29 is 67.9 Å². The molecule has 7 aliphatic rings. The molecule has 386 valence electrons. The van der Waals surface area contributed by atoms with Gasteiger partial charge in [0.2, 0.25) is 17.7 Å². The van der Waals surface area contributed by atoms with Crippen LogP contribution in [0.4, 0.5) is 10.5 Å². The van der Waals surface area contributed by atoms with Gasteiger partial charge in [0.15, 0.2) is 23.5 Å². The quantitative estimate of drug-likeness (QED) is 0.0991. The summed E-state index contributed by atoms with van der Waals surface area (Å²) in [5.41, 5.74) is 1.63. The van der Waals surface area contributed by atoms with Crippen LogP contribution >= 0.6 is 0 Å². The Bertz CT molecular complexity index is 2520. The zero-order valence-corrected chi connectivity index (χ0v) is 40.6. The molecule has 0 bridgehead atoms. The predicted octanol–water partition coefficient (Wildman–Crippen LogP) is 3.61. The number of carbonyl (C=O) groups is 7. The lowest BCUT2D eigenvalue weighted by molar-refractivity contribution is -0.201. The summed E-state index contributed by atoms with van der Waals surface area (Å²) in [5.74, 6) is 1.72. The standard InChI is InChI=1S/C53H65N5O14/c1-50-16-15-36(60)18-33(50)9-12-37-38-19-42-53(41(62)26-59,51(38,2)24-40(61)46(37)50)72-48(71-42)32-7-3-29(4-8-32)17-31-20-52(21-31)22-35(23-52)57-49(68)69-27-30-5-10-34(11-6-30)56-47(67)39(13-14-45(65)66)58-43(63)25-55-44(64)28-70-54/h3-8,10-11,15-16,18,31,35,37-40,42,46,48,59,61H,9,12-14,17,19-28,54H2,1-2H3,(H,55,64)(H,56,67)(H,57,68)(H,58,63)(H,65,66)/t31?,35?,37-,38-,39-,40-,42+,46+,48+,50-,51-,52?,53+/m0/s1. The molecule has 1 heterocycles. The number of hydrogen-bond donors (Lipinski definition) is 8. The summed E-state index contributed by atoms with van der Waals surface area (Å²) in [4.78, 5) is 91.2. The molecule has 2 aromatic carbocycles. The van der Waals surface area contributed by atoms with Gasteiger partial charge >= 0.3 is 12.1 Å². The van der Waals surface area contributed by atoms with E-state index in [0.717, 1.165) is 56.1 Å². The Morgan fingerprint density at radius 1 is 0.944 bits per heavy atom. The smallest absolute Gasteiger partial charge is 0.407 e. The first-order chi connectivity index (χ1) is 34.4. The van der Waals surface area contributed by atoms with Crippen molar-refractivity contribution in [2.75, 3.05) is 25.1 Å². The number of aliphatic hydroxyl groups is 2. The predicted molar refractivity (Wildman–Crippen MR) is 256 cm³/mol. The summed E-state index contributed by atoms with van der Waals surface area (Å²) < 4.78 is 18.9. The molecular weight excluding hydrogens is 931 g/mol. The average molecular weight is 996 g/mol. The van der Waals surface area contributed by atoms with Crippen LogP contribution in [0.25, 0.3) is 0 Å². The topological polar surface area (TPSA) is 291 Å². The first kappa shape index (κ1) is 51.1. The maximum atomic E-state index is 14.0. The van der Waals surface area contributed by atoms with Crippen molar-refractivity contribution in [3.63, 3.8) is 0 Å². The number of Topliss-reactive ketones (excluding diaryl/α,β-unsaturated/α-hetero) is 1. The van der Waals surface area contributed by atoms with Crippen molar-refractivity contribution in [1.82, 2.24) is 16.0 Å². The molecule has 1 spiro atoms. The second-order valence-corrected chi connectivity index (χ2v) is 21.7. The molecule has 2 aromatic rings. The molecule has 6 aliphatic carbocycles. The number of amides is 4. The van der Waals surface area contributed by atoms with Gasteiger partial charge < -0.3 is 50.8 Å². The highest BCUT2D eigenvalue weighted by molar-refractivity contribution is 6.01. The van der Waals surface area contributed by atoms with Gasteiger partial charge in [0.1, 0.15) is 25.9 Å². The summed E-state index contributed by atoms with van der Waals surface area (Å²) in [6.45, 7) is 2.52. The van der Waals surface area contributed by atoms with E-state index in [1.807, 2.05) is 25.1 Å². The normalized spacial score (nSPS) is 34.1. The number of anilines is 1. The molecule has 19 nitrogen and oxygen atoms in total. The molecule has 5 saturated carbocycles. The van der Waals surface area contributed by atoms with Crippen LogP contribution in [0.1, 0.15) is 101 Å². The molecule has 4 amide bonds. The number of nitrogens with one attached hydrogen (secondary N) is 4. The van der Waals surface area contributed by atoms with Gasteiger partial charge in [-0.15, -0.1) is 0 Å². The van der Waals surface area contributed by atoms with Crippen molar-refractivity contribution in [3.05, 3.63) is 89.0 Å². The van der Waals surface area contributed by atoms with Gasteiger partial charge in [-0.1, -0.05) is 61.9 Å². The van der Waals surface area contributed by atoms with Gasteiger partial charge in [0.05, 0.1) is 18.8 Å². The second kappa shape index (κ2) is 20.2. The third kappa shape index (κ3) is 9.74. The number of fused-ring (bicyclic) bond motifs is 7. The highest BCUT2D eigenvalue weighted by Crippen LogP contribution is 2.70. The van der Waals surface area contributed by atoms with Crippen molar-refractivity contribution in [1.29, 1.82) is 0 Å². The lowest BCUT2D eigenvalue weighted by Gasteiger charge is -2.59. The Hall–Kier alpha value is -5.83. The highest BCUT2D eigenvalue weighted by Gasteiger charge is 2.76. The fraction of sp³-hybridized carbons (Fsp3) is 0.566. The number of aliphatic carboxylic acids is 1. The van der Waals surface area contributed by atoms with Crippen LogP contribution in [-0.2, 0) is 60.8 Å². The first-order valence-electron chi connectivity index (χ1n) is 25.0. The van der Waals surface area contributed by atoms with Crippen LogP contribution < -0.4 is 27.2 Å². The van der Waals surface area contributed by atoms with E-state index in [1.54, 1.807) is 36.4 Å². The van der Waals surface area contributed by atoms with E-state index < -0.39 is 96.3 Å². The van der Waals surface area contributed by atoms with Gasteiger partial charge in [-0.25, -0.2) is 10.7 Å². The van der Waals surface area contributed by atoms with Crippen LogP contribution in [0.15, 0.2) is 72.3 Å². The number of nitrogens with two attached hydrogens (primary N) is 1. The van der Waals surface area contributed by atoms with Gasteiger partial charge in [0, 0.05) is 40.5 Å². The Balaban J connectivity index is 0.708. The fourth-order valence-electron chi connectivity index (χ4n) is 14.1. The average Bonchev–Trinajstić information content (AvgIpc) is 3.83. The minimum Gasteiger partial charge on any atom is -0.481 e. The summed E-state index contributed by atoms with van der Waals surface area (Å²) in [6, 6.07) is 13.5. The van der Waals surface area contributed by atoms with E-state index in [-0.39, 0.29) is 54.4 Å². The van der Waals surface area contributed by atoms with E-state index in [2.05, 4.69) is 45.2 Å². The molecule has 72 heavy (non-hydrogen) atoms. The number of benzene rings is 2. The Morgan fingerprint density at radius 3 is 2.36 bits per heavy atom. The van der Waals surface area contributed by atoms with Crippen molar-refractivity contribution in [2.45, 2.75) is 127 Å². The Kier molecular flexibility index (Phi) is 14.4. The maximum absolute atomic E-state index is 14.0. The molecule has 10 atom stereocenters. The van der Waals surface area contributed by atoms with E-state index >= 15 is 0 Å². The molecule has 1 aliphatic heterocycles. The number of ether oxygens (including phenoxy) is 3. The molecule has 9 N–H and O–H groups in total. The molecule has 0 unspecified atom stereocenters. The number of ketones is 2. The Labute approximate surface area is 416 Å². The Morgan fingerprint density at radius 2 is 1.67 bits per heavy atom. The SMILES string of the molecule is C[C@]12C=CC(=O)C=C1CC[C@@H]1[C@@H]2[C@@H](O)C[C@@]2(C)[C@H]1C[C@H]1O[C@@H](c3ccc(CC4CC5(C4)CC(NC(=O)OCc4ccc(NC(=O)[C@H](CCC(=O)O)NC(=O)CNC(=O)CON)cc4)C5)cc3)O[C@]12C(=O)CO. The number of allylic oxidation sites excluding steroid dienone is 4. The number of hydrogen-bond acceptors (Lipinski definition) is 14. The van der Waals surface area contributed by atoms with E-state index in [9.17, 15) is 43.8 Å². The van der Waals surface area contributed by atoms with E-state index in [0.29, 0.717) is 30.0 Å². The van der Waals surface area contributed by atoms with Crippen molar-refractivity contribution in [3.8, 4) is 0 Å². The zero-order valence-electron chi connectivity index (χ0n) is 40.6. The third-order valence-electron chi connectivity index (χ3n) is 17.2. The van der Waals surface area contributed by atoms with E-state index in [4.69, 9.17) is 25.2 Å². The molecule has 6 fully saturated rings.